The highest BCUT2D eigenvalue weighted by Gasteiger charge is 2.19. The summed E-state index contributed by atoms with van der Waals surface area (Å²) in [5, 5.41) is 2.03. The molecule has 1 aromatic heterocycles. The number of anilines is 1. The van der Waals surface area contributed by atoms with Crippen LogP contribution in [0.5, 0.6) is 0 Å². The van der Waals surface area contributed by atoms with Crippen molar-refractivity contribution in [2.45, 2.75) is 12.8 Å². The summed E-state index contributed by atoms with van der Waals surface area (Å²) in [6.07, 6.45) is 1.58. The van der Waals surface area contributed by atoms with Crippen molar-refractivity contribution in [1.29, 1.82) is 0 Å². The van der Waals surface area contributed by atoms with Gasteiger partial charge >= 0.3 is 0 Å². The Hall–Kier alpha value is -1.81. The molecule has 3 rings (SSSR count). The fourth-order valence-electron chi connectivity index (χ4n) is 2.74. The maximum absolute atomic E-state index is 12.4. The highest BCUT2D eigenvalue weighted by Crippen LogP contribution is 2.17. The molecule has 1 fully saturated rings. The Bertz CT molecular complexity index is 568. The van der Waals surface area contributed by atoms with Crippen LogP contribution >= 0.6 is 11.3 Å². The molecule has 0 bridgehead atoms. The molecule has 4 heteroatoms. The van der Waals surface area contributed by atoms with E-state index in [-0.39, 0.29) is 5.91 Å². The highest BCUT2D eigenvalue weighted by atomic mass is 32.1. The molecule has 0 N–H and O–H groups in total. The third-order valence-electron chi connectivity index (χ3n) is 3.88. The first kappa shape index (κ1) is 14.1. The van der Waals surface area contributed by atoms with Gasteiger partial charge in [0.1, 0.15) is 0 Å². The molecule has 0 atom stereocenters. The standard InChI is InChI=1S/C17H20N2OS/c20-17(14-16-8-4-13-21-16)19-10-5-9-18(11-12-19)15-6-2-1-3-7-15/h1-4,6-8,13H,5,9-12,14H2. The smallest absolute Gasteiger partial charge is 0.227 e. The zero-order valence-electron chi connectivity index (χ0n) is 12.1. The van der Waals surface area contributed by atoms with E-state index in [2.05, 4.69) is 29.2 Å². The zero-order valence-corrected chi connectivity index (χ0v) is 12.9. The molecule has 1 aliphatic heterocycles. The number of benzene rings is 1. The van der Waals surface area contributed by atoms with Gasteiger partial charge in [-0.1, -0.05) is 24.3 Å². The second-order valence-corrected chi connectivity index (χ2v) is 6.35. The van der Waals surface area contributed by atoms with Crippen molar-refractivity contribution in [3.63, 3.8) is 0 Å². The van der Waals surface area contributed by atoms with Gasteiger partial charge in [-0.25, -0.2) is 0 Å². The average molecular weight is 300 g/mol. The van der Waals surface area contributed by atoms with Gasteiger partial charge in [0.2, 0.25) is 5.91 Å². The van der Waals surface area contributed by atoms with Crippen LogP contribution in [0.2, 0.25) is 0 Å². The summed E-state index contributed by atoms with van der Waals surface area (Å²) in [4.78, 5) is 17.9. The van der Waals surface area contributed by atoms with E-state index in [0.29, 0.717) is 6.42 Å². The maximum atomic E-state index is 12.4. The Kier molecular flexibility index (Phi) is 4.55. The predicted molar refractivity (Wildman–Crippen MR) is 87.9 cm³/mol. The Labute approximate surface area is 129 Å². The normalized spacial score (nSPS) is 15.8. The van der Waals surface area contributed by atoms with E-state index in [1.54, 1.807) is 11.3 Å². The number of amides is 1. The van der Waals surface area contributed by atoms with Crippen LogP contribution in [0.3, 0.4) is 0 Å². The fourth-order valence-corrected chi connectivity index (χ4v) is 3.43. The van der Waals surface area contributed by atoms with Gasteiger partial charge in [0.15, 0.2) is 0 Å². The molecule has 0 saturated carbocycles. The second kappa shape index (κ2) is 6.76. The average Bonchev–Trinajstić information content (AvgIpc) is 2.89. The van der Waals surface area contributed by atoms with Crippen molar-refractivity contribution in [3.05, 3.63) is 52.7 Å². The molecule has 0 spiro atoms. The molecule has 0 unspecified atom stereocenters. The van der Waals surface area contributed by atoms with E-state index in [0.717, 1.165) is 37.5 Å². The van der Waals surface area contributed by atoms with Crippen molar-refractivity contribution < 1.29 is 4.79 Å². The number of hydrogen-bond donors (Lipinski definition) is 0. The summed E-state index contributed by atoms with van der Waals surface area (Å²) in [7, 11) is 0. The Balaban J connectivity index is 1.59. The van der Waals surface area contributed by atoms with E-state index in [9.17, 15) is 4.79 Å². The predicted octanol–water partition coefficient (Wildman–Crippen LogP) is 3.03. The van der Waals surface area contributed by atoms with Gasteiger partial charge in [-0.15, -0.1) is 11.3 Å². The van der Waals surface area contributed by atoms with Crippen LogP contribution in [-0.4, -0.2) is 37.0 Å². The zero-order chi connectivity index (χ0) is 14.5. The number of carbonyl (C=O) groups is 1. The third-order valence-corrected chi connectivity index (χ3v) is 4.75. The van der Waals surface area contributed by atoms with Crippen LogP contribution in [0.15, 0.2) is 47.8 Å². The van der Waals surface area contributed by atoms with Crippen molar-refractivity contribution in [3.8, 4) is 0 Å². The molecule has 2 aromatic rings. The van der Waals surface area contributed by atoms with E-state index in [1.165, 1.54) is 5.69 Å². The number of hydrogen-bond acceptors (Lipinski definition) is 3. The Morgan fingerprint density at radius 2 is 1.86 bits per heavy atom. The minimum atomic E-state index is 0.257. The Morgan fingerprint density at radius 3 is 2.62 bits per heavy atom. The van der Waals surface area contributed by atoms with E-state index < -0.39 is 0 Å². The lowest BCUT2D eigenvalue weighted by molar-refractivity contribution is -0.130. The molecular formula is C17H20N2OS. The van der Waals surface area contributed by atoms with Gasteiger partial charge in [0.25, 0.3) is 0 Å². The topological polar surface area (TPSA) is 23.6 Å². The van der Waals surface area contributed by atoms with Crippen LogP contribution in [-0.2, 0) is 11.2 Å². The van der Waals surface area contributed by atoms with Crippen molar-refractivity contribution in [2.24, 2.45) is 0 Å². The van der Waals surface area contributed by atoms with Crippen LogP contribution in [0.1, 0.15) is 11.3 Å². The lowest BCUT2D eigenvalue weighted by Crippen LogP contribution is -2.36. The number of thiophene rings is 1. The first-order valence-electron chi connectivity index (χ1n) is 7.43. The SMILES string of the molecule is O=C(Cc1cccs1)N1CCCN(c2ccccc2)CC1. The molecule has 1 saturated heterocycles. The first-order chi connectivity index (χ1) is 10.3. The summed E-state index contributed by atoms with van der Waals surface area (Å²) in [5.74, 6) is 0.257. The lowest BCUT2D eigenvalue weighted by Gasteiger charge is -2.23. The monoisotopic (exact) mass is 300 g/mol. The highest BCUT2D eigenvalue weighted by molar-refractivity contribution is 7.10. The molecule has 1 aromatic carbocycles. The summed E-state index contributed by atoms with van der Waals surface area (Å²) < 4.78 is 0. The maximum Gasteiger partial charge on any atom is 0.227 e. The largest absolute Gasteiger partial charge is 0.370 e. The van der Waals surface area contributed by atoms with Gasteiger partial charge in [-0.2, -0.15) is 0 Å². The lowest BCUT2D eigenvalue weighted by atomic mass is 10.3. The van der Waals surface area contributed by atoms with Crippen LogP contribution in [0.25, 0.3) is 0 Å². The first-order valence-corrected chi connectivity index (χ1v) is 8.31. The molecular weight excluding hydrogens is 280 g/mol. The van der Waals surface area contributed by atoms with Crippen LogP contribution in [0.4, 0.5) is 5.69 Å². The van der Waals surface area contributed by atoms with Crippen molar-refractivity contribution in [2.75, 3.05) is 31.1 Å². The third kappa shape index (κ3) is 3.64. The molecule has 2 heterocycles. The number of rotatable bonds is 3. The van der Waals surface area contributed by atoms with Crippen molar-refractivity contribution in [1.82, 2.24) is 4.90 Å². The van der Waals surface area contributed by atoms with Crippen LogP contribution < -0.4 is 4.90 Å². The van der Waals surface area contributed by atoms with Gasteiger partial charge in [-0.05, 0) is 30.0 Å². The number of carbonyl (C=O) groups excluding carboxylic acids is 1. The summed E-state index contributed by atoms with van der Waals surface area (Å²) in [6.45, 7) is 3.62. The van der Waals surface area contributed by atoms with E-state index in [1.807, 2.05) is 28.5 Å². The minimum Gasteiger partial charge on any atom is -0.370 e. The molecule has 110 valence electrons. The number of nitrogens with zero attached hydrogens (tertiary/aromatic N) is 2. The van der Waals surface area contributed by atoms with Crippen molar-refractivity contribution >= 4 is 22.9 Å². The molecule has 0 radical (unpaired) electrons. The number of para-hydroxylation sites is 1. The van der Waals surface area contributed by atoms with Gasteiger partial charge in [0.05, 0.1) is 6.42 Å². The van der Waals surface area contributed by atoms with E-state index in [4.69, 9.17) is 0 Å². The van der Waals surface area contributed by atoms with Gasteiger partial charge in [0, 0.05) is 36.7 Å². The summed E-state index contributed by atoms with van der Waals surface area (Å²) >= 11 is 1.66. The Morgan fingerprint density at radius 1 is 1.00 bits per heavy atom. The molecule has 1 aliphatic rings. The van der Waals surface area contributed by atoms with Gasteiger partial charge in [-0.3, -0.25) is 4.79 Å². The van der Waals surface area contributed by atoms with Crippen LogP contribution in [0, 0.1) is 0 Å². The second-order valence-electron chi connectivity index (χ2n) is 5.31. The summed E-state index contributed by atoms with van der Waals surface area (Å²) in [6, 6.07) is 14.5. The molecule has 3 nitrogen and oxygen atoms in total. The quantitative estimate of drug-likeness (QED) is 0.870. The molecule has 1 amide bonds. The fraction of sp³-hybridized carbons (Fsp3) is 0.353. The molecule has 21 heavy (non-hydrogen) atoms. The minimum absolute atomic E-state index is 0.257. The molecule has 0 aliphatic carbocycles. The van der Waals surface area contributed by atoms with Gasteiger partial charge < -0.3 is 9.80 Å². The summed E-state index contributed by atoms with van der Waals surface area (Å²) in [5.41, 5.74) is 1.25. The van der Waals surface area contributed by atoms with E-state index >= 15 is 0 Å².